The number of amides is 2. The Morgan fingerprint density at radius 3 is 2.46 bits per heavy atom. The summed E-state index contributed by atoms with van der Waals surface area (Å²) in [7, 11) is 1.44. The van der Waals surface area contributed by atoms with Crippen LogP contribution in [0.5, 0.6) is 11.5 Å². The van der Waals surface area contributed by atoms with Crippen LogP contribution in [0.25, 0.3) is 6.08 Å². The minimum atomic E-state index is -0.616. The first kappa shape index (κ1) is 26.1. The van der Waals surface area contributed by atoms with Gasteiger partial charge in [-0.2, -0.15) is 5.26 Å². The standard InChI is InChI=1S/C25H18BrCl2N3O4/c1-34-22-12-15(10-16(13-29)25(33)31-21-5-3-2-4-20(21)28)11-19(26)24(22)35-14-23(32)30-18-8-6-17(27)7-9-18/h2-12H,14H2,1H3,(H,30,32)(H,31,33)/b16-10+. The molecule has 10 heteroatoms. The van der Waals surface area contributed by atoms with Gasteiger partial charge in [0.15, 0.2) is 18.1 Å². The SMILES string of the molecule is COc1cc(/C=C(\C#N)C(=O)Nc2ccccc2Cl)cc(Br)c1OCC(=O)Nc1ccc(Cl)cc1. The number of nitrogens with one attached hydrogen (secondary N) is 2. The molecule has 3 aromatic rings. The molecule has 0 saturated carbocycles. The Balaban J connectivity index is 1.74. The van der Waals surface area contributed by atoms with Crippen molar-refractivity contribution in [3.05, 3.63) is 86.3 Å². The highest BCUT2D eigenvalue weighted by Crippen LogP contribution is 2.37. The van der Waals surface area contributed by atoms with Crippen LogP contribution in [0.1, 0.15) is 5.56 Å². The van der Waals surface area contributed by atoms with E-state index in [2.05, 4.69) is 26.6 Å². The number of halogens is 3. The van der Waals surface area contributed by atoms with Gasteiger partial charge in [0.25, 0.3) is 11.8 Å². The van der Waals surface area contributed by atoms with Crippen LogP contribution in [0, 0.1) is 11.3 Å². The molecule has 3 rings (SSSR count). The van der Waals surface area contributed by atoms with E-state index in [4.69, 9.17) is 32.7 Å². The fourth-order valence-electron chi connectivity index (χ4n) is 2.90. The number of carbonyl (C=O) groups is 2. The number of para-hydroxylation sites is 1. The van der Waals surface area contributed by atoms with E-state index >= 15 is 0 Å². The highest BCUT2D eigenvalue weighted by molar-refractivity contribution is 9.10. The van der Waals surface area contributed by atoms with Crippen molar-refractivity contribution in [1.29, 1.82) is 5.26 Å². The lowest BCUT2D eigenvalue weighted by atomic mass is 10.1. The van der Waals surface area contributed by atoms with E-state index in [9.17, 15) is 14.9 Å². The van der Waals surface area contributed by atoms with Crippen molar-refractivity contribution in [2.75, 3.05) is 24.4 Å². The summed E-state index contributed by atoms with van der Waals surface area (Å²) in [6.45, 7) is -0.281. The molecule has 0 aliphatic heterocycles. The Labute approximate surface area is 220 Å². The van der Waals surface area contributed by atoms with Crippen LogP contribution in [0.15, 0.2) is 70.7 Å². The lowest BCUT2D eigenvalue weighted by Crippen LogP contribution is -2.20. The number of anilines is 2. The zero-order chi connectivity index (χ0) is 25.4. The van der Waals surface area contributed by atoms with Gasteiger partial charge in [0.2, 0.25) is 0 Å². The molecule has 0 aliphatic rings. The van der Waals surface area contributed by atoms with E-state index in [1.165, 1.54) is 13.2 Å². The minimum absolute atomic E-state index is 0.144. The fraction of sp³-hybridized carbons (Fsp3) is 0.0800. The molecule has 3 aromatic carbocycles. The summed E-state index contributed by atoms with van der Waals surface area (Å²) in [5.74, 6) is -0.410. The quantitative estimate of drug-likeness (QED) is 0.242. The summed E-state index contributed by atoms with van der Waals surface area (Å²) in [6, 6.07) is 18.5. The number of methoxy groups -OCH3 is 1. The zero-order valence-electron chi connectivity index (χ0n) is 18.3. The third-order valence-electron chi connectivity index (χ3n) is 4.53. The molecule has 2 N–H and O–H groups in total. The van der Waals surface area contributed by atoms with Crippen LogP contribution >= 0.6 is 39.1 Å². The normalized spacial score (nSPS) is 10.8. The number of hydrogen-bond donors (Lipinski definition) is 2. The van der Waals surface area contributed by atoms with Crippen LogP contribution in [-0.4, -0.2) is 25.5 Å². The average molecular weight is 575 g/mol. The van der Waals surface area contributed by atoms with E-state index < -0.39 is 5.91 Å². The number of nitrogens with zero attached hydrogens (tertiary/aromatic N) is 1. The molecule has 0 spiro atoms. The number of nitriles is 1. The second kappa shape index (κ2) is 12.3. The largest absolute Gasteiger partial charge is 0.493 e. The fourth-order valence-corrected chi connectivity index (χ4v) is 3.78. The summed E-state index contributed by atoms with van der Waals surface area (Å²) in [5, 5.41) is 15.7. The molecule has 0 radical (unpaired) electrons. The molecule has 178 valence electrons. The van der Waals surface area contributed by atoms with Crippen molar-refractivity contribution in [2.24, 2.45) is 0 Å². The van der Waals surface area contributed by atoms with Gasteiger partial charge in [0, 0.05) is 10.7 Å². The maximum Gasteiger partial charge on any atom is 0.266 e. The number of benzene rings is 3. The van der Waals surface area contributed by atoms with E-state index in [0.29, 0.717) is 37.2 Å². The number of carbonyl (C=O) groups excluding carboxylic acids is 2. The van der Waals surface area contributed by atoms with Crippen LogP contribution in [0.2, 0.25) is 10.0 Å². The third-order valence-corrected chi connectivity index (χ3v) is 5.70. The molecule has 2 amide bonds. The van der Waals surface area contributed by atoms with Crippen LogP contribution in [0.4, 0.5) is 11.4 Å². The lowest BCUT2D eigenvalue weighted by Gasteiger charge is -2.14. The Kier molecular flexibility index (Phi) is 9.15. The second-order valence-electron chi connectivity index (χ2n) is 6.98. The predicted octanol–water partition coefficient (Wildman–Crippen LogP) is 6.33. The highest BCUT2D eigenvalue weighted by Gasteiger charge is 2.16. The van der Waals surface area contributed by atoms with Gasteiger partial charge < -0.3 is 20.1 Å². The summed E-state index contributed by atoms with van der Waals surface area (Å²) in [6.07, 6.45) is 1.40. The number of rotatable bonds is 8. The third kappa shape index (κ3) is 7.23. The van der Waals surface area contributed by atoms with Crippen LogP contribution in [-0.2, 0) is 9.59 Å². The van der Waals surface area contributed by atoms with Crippen molar-refractivity contribution in [3.63, 3.8) is 0 Å². The molecule has 0 saturated heterocycles. The Morgan fingerprint density at radius 1 is 1.09 bits per heavy atom. The van der Waals surface area contributed by atoms with Crippen molar-refractivity contribution >= 4 is 68.4 Å². The predicted molar refractivity (Wildman–Crippen MR) is 140 cm³/mol. The van der Waals surface area contributed by atoms with Crippen molar-refractivity contribution in [2.45, 2.75) is 0 Å². The average Bonchev–Trinajstić information content (AvgIpc) is 2.84. The topological polar surface area (TPSA) is 100 Å². The maximum absolute atomic E-state index is 12.6. The smallest absolute Gasteiger partial charge is 0.266 e. The first-order chi connectivity index (χ1) is 16.8. The monoisotopic (exact) mass is 573 g/mol. The first-order valence-electron chi connectivity index (χ1n) is 10.0. The molecular weight excluding hydrogens is 557 g/mol. The highest BCUT2D eigenvalue weighted by atomic mass is 79.9. The molecule has 0 bridgehead atoms. The van der Waals surface area contributed by atoms with Gasteiger partial charge in [-0.15, -0.1) is 0 Å². The van der Waals surface area contributed by atoms with Crippen molar-refractivity contribution < 1.29 is 19.1 Å². The van der Waals surface area contributed by atoms with Gasteiger partial charge in [-0.05, 0) is 76.1 Å². The van der Waals surface area contributed by atoms with Crippen molar-refractivity contribution in [3.8, 4) is 17.6 Å². The van der Waals surface area contributed by atoms with Gasteiger partial charge in [0.1, 0.15) is 11.6 Å². The molecule has 0 fully saturated rings. The lowest BCUT2D eigenvalue weighted by molar-refractivity contribution is -0.118. The molecule has 35 heavy (non-hydrogen) atoms. The Morgan fingerprint density at radius 2 is 1.80 bits per heavy atom. The van der Waals surface area contributed by atoms with E-state index in [1.807, 2.05) is 6.07 Å². The minimum Gasteiger partial charge on any atom is -0.493 e. The van der Waals surface area contributed by atoms with Crippen LogP contribution in [0.3, 0.4) is 0 Å². The molecule has 0 aromatic heterocycles. The van der Waals surface area contributed by atoms with Gasteiger partial charge in [-0.1, -0.05) is 35.3 Å². The Hall–Kier alpha value is -3.51. The van der Waals surface area contributed by atoms with Crippen LogP contribution < -0.4 is 20.1 Å². The van der Waals surface area contributed by atoms with Gasteiger partial charge in [0.05, 0.1) is 22.3 Å². The van der Waals surface area contributed by atoms with Gasteiger partial charge in [-0.3, -0.25) is 9.59 Å². The molecular formula is C25H18BrCl2N3O4. The molecule has 7 nitrogen and oxygen atoms in total. The van der Waals surface area contributed by atoms with E-state index in [-0.39, 0.29) is 23.8 Å². The van der Waals surface area contributed by atoms with E-state index in [1.54, 1.807) is 60.7 Å². The second-order valence-corrected chi connectivity index (χ2v) is 8.68. The maximum atomic E-state index is 12.6. The molecule has 0 aliphatic carbocycles. The number of hydrogen-bond acceptors (Lipinski definition) is 5. The zero-order valence-corrected chi connectivity index (χ0v) is 21.4. The summed E-state index contributed by atoms with van der Waals surface area (Å²) < 4.78 is 11.5. The van der Waals surface area contributed by atoms with E-state index in [0.717, 1.165) is 0 Å². The number of ether oxygens (including phenoxy) is 2. The van der Waals surface area contributed by atoms with Gasteiger partial charge in [-0.25, -0.2) is 0 Å². The summed E-state index contributed by atoms with van der Waals surface area (Å²) in [4.78, 5) is 24.8. The van der Waals surface area contributed by atoms with Crippen molar-refractivity contribution in [1.82, 2.24) is 0 Å². The van der Waals surface area contributed by atoms with Gasteiger partial charge >= 0.3 is 0 Å². The summed E-state index contributed by atoms with van der Waals surface area (Å²) in [5.41, 5.74) is 1.32. The Bertz CT molecular complexity index is 1320. The molecule has 0 heterocycles. The first-order valence-corrected chi connectivity index (χ1v) is 11.6. The molecule has 0 atom stereocenters. The molecule has 0 unspecified atom stereocenters. The summed E-state index contributed by atoms with van der Waals surface area (Å²) >= 11 is 15.3.